The highest BCUT2D eigenvalue weighted by Gasteiger charge is 2.09. The minimum atomic E-state index is 0.368. The van der Waals surface area contributed by atoms with Crippen molar-refractivity contribution in [1.29, 1.82) is 0 Å². The number of aromatic hydroxyl groups is 1. The van der Waals surface area contributed by atoms with E-state index in [0.29, 0.717) is 14.3 Å². The zero-order valence-corrected chi connectivity index (χ0v) is 18.1. The molecule has 1 atom stereocenters. The largest absolute Gasteiger partial charge is 0.507 e. The molecule has 4 aromatic carbocycles. The summed E-state index contributed by atoms with van der Waals surface area (Å²) in [4.78, 5) is 0. The average molecular weight is 411 g/mol. The summed E-state index contributed by atoms with van der Waals surface area (Å²) in [5.74, 6) is 0.368. The molecule has 0 heterocycles. The predicted octanol–water partition coefficient (Wildman–Crippen LogP) is 5.53. The SMILES string of the molecule is Cc1ccc(Pc2cc(Cc3ccccc3)ccc2O)c(CNc2ccccc2)c1. The third-order valence-electron chi connectivity index (χ3n) is 5.10. The van der Waals surface area contributed by atoms with Gasteiger partial charge in [0.1, 0.15) is 5.75 Å². The fourth-order valence-electron chi connectivity index (χ4n) is 3.51. The molecular formula is C27H26NOP. The molecule has 1 unspecified atom stereocenters. The minimum absolute atomic E-state index is 0.368. The highest BCUT2D eigenvalue weighted by atomic mass is 31.1. The van der Waals surface area contributed by atoms with E-state index in [9.17, 15) is 5.11 Å². The molecule has 2 nitrogen and oxygen atoms in total. The molecule has 150 valence electrons. The Balaban J connectivity index is 1.55. The van der Waals surface area contributed by atoms with Crippen molar-refractivity contribution in [3.63, 3.8) is 0 Å². The van der Waals surface area contributed by atoms with Crippen molar-refractivity contribution in [3.8, 4) is 5.75 Å². The zero-order valence-electron chi connectivity index (χ0n) is 17.1. The maximum atomic E-state index is 10.5. The molecule has 0 radical (unpaired) electrons. The van der Waals surface area contributed by atoms with E-state index in [1.165, 1.54) is 27.6 Å². The van der Waals surface area contributed by atoms with E-state index in [1.54, 1.807) is 0 Å². The molecule has 30 heavy (non-hydrogen) atoms. The highest BCUT2D eigenvalue weighted by molar-refractivity contribution is 7.55. The Kier molecular flexibility index (Phi) is 6.47. The molecule has 0 aliphatic carbocycles. The second kappa shape index (κ2) is 9.61. The normalized spacial score (nSPS) is 11.1. The zero-order chi connectivity index (χ0) is 20.8. The van der Waals surface area contributed by atoms with Gasteiger partial charge in [0.25, 0.3) is 0 Å². The first-order valence-corrected chi connectivity index (χ1v) is 11.2. The smallest absolute Gasteiger partial charge is 0.123 e. The standard InChI is InChI=1S/C27H26NOP/c1-20-12-15-26(23(16-20)19-28-24-10-6-3-7-11-24)30-27-18-22(13-14-25(27)29)17-21-8-4-2-5-9-21/h2-16,18,28-30H,17,19H2,1H3. The summed E-state index contributed by atoms with van der Waals surface area (Å²) < 4.78 is 0. The number of phenols is 1. The second-order valence-electron chi connectivity index (χ2n) is 7.52. The molecule has 0 saturated carbocycles. The second-order valence-corrected chi connectivity index (χ2v) is 8.85. The number of rotatable bonds is 7. The number of nitrogens with one attached hydrogen (secondary N) is 1. The monoisotopic (exact) mass is 411 g/mol. The van der Waals surface area contributed by atoms with Crippen LogP contribution in [-0.2, 0) is 13.0 Å². The van der Waals surface area contributed by atoms with Gasteiger partial charge in [-0.15, -0.1) is 0 Å². The van der Waals surface area contributed by atoms with E-state index in [-0.39, 0.29) is 0 Å². The molecule has 4 aromatic rings. The van der Waals surface area contributed by atoms with Gasteiger partial charge in [-0.1, -0.05) is 86.9 Å². The van der Waals surface area contributed by atoms with E-state index in [0.717, 1.165) is 24.0 Å². The topological polar surface area (TPSA) is 32.3 Å². The van der Waals surface area contributed by atoms with Crippen molar-refractivity contribution in [2.75, 3.05) is 5.32 Å². The van der Waals surface area contributed by atoms with Crippen molar-refractivity contribution < 1.29 is 5.11 Å². The van der Waals surface area contributed by atoms with E-state index in [2.05, 4.69) is 72.9 Å². The molecule has 0 spiro atoms. The Morgan fingerprint density at radius 1 is 0.733 bits per heavy atom. The molecule has 0 bridgehead atoms. The Labute approximate surface area is 180 Å². The molecule has 0 fully saturated rings. The molecule has 3 heteroatoms. The lowest BCUT2D eigenvalue weighted by molar-refractivity contribution is 0.479. The number of phenolic OH excluding ortho intramolecular Hbond substituents is 1. The van der Waals surface area contributed by atoms with E-state index >= 15 is 0 Å². The van der Waals surface area contributed by atoms with Gasteiger partial charge in [0.05, 0.1) is 0 Å². The highest BCUT2D eigenvalue weighted by Crippen LogP contribution is 2.23. The summed E-state index contributed by atoms with van der Waals surface area (Å²) in [5.41, 5.74) is 6.12. The van der Waals surface area contributed by atoms with Gasteiger partial charge >= 0.3 is 0 Å². The summed E-state index contributed by atoms with van der Waals surface area (Å²) in [6.45, 7) is 2.88. The minimum Gasteiger partial charge on any atom is -0.507 e. The Hall–Kier alpha value is -3.09. The summed E-state index contributed by atoms with van der Waals surface area (Å²) in [6.07, 6.45) is 0.870. The first kappa shape index (κ1) is 20.2. The third-order valence-corrected chi connectivity index (χ3v) is 6.53. The number of benzene rings is 4. The van der Waals surface area contributed by atoms with Gasteiger partial charge in [0, 0.05) is 17.5 Å². The Bertz CT molecular complexity index is 1110. The maximum absolute atomic E-state index is 10.5. The first-order chi connectivity index (χ1) is 14.7. The van der Waals surface area contributed by atoms with Crippen LogP contribution in [0.15, 0.2) is 97.1 Å². The van der Waals surface area contributed by atoms with Crippen LogP contribution in [0.4, 0.5) is 5.69 Å². The molecule has 2 N–H and O–H groups in total. The number of hydrogen-bond donors (Lipinski definition) is 2. The molecule has 0 amide bonds. The maximum Gasteiger partial charge on any atom is 0.123 e. The molecule has 4 rings (SSSR count). The van der Waals surface area contributed by atoms with Crippen LogP contribution in [0.2, 0.25) is 0 Å². The predicted molar refractivity (Wildman–Crippen MR) is 130 cm³/mol. The van der Waals surface area contributed by atoms with Crippen molar-refractivity contribution in [1.82, 2.24) is 0 Å². The van der Waals surface area contributed by atoms with Crippen LogP contribution in [-0.4, -0.2) is 5.11 Å². The van der Waals surface area contributed by atoms with Crippen molar-refractivity contribution >= 4 is 24.9 Å². The summed E-state index contributed by atoms with van der Waals surface area (Å²) in [5, 5.41) is 16.3. The van der Waals surface area contributed by atoms with Gasteiger partial charge in [-0.3, -0.25) is 0 Å². The number of hydrogen-bond acceptors (Lipinski definition) is 2. The van der Waals surface area contributed by atoms with Crippen molar-refractivity contribution in [3.05, 3.63) is 119 Å². The molecular weight excluding hydrogens is 385 g/mol. The fraction of sp³-hybridized carbons (Fsp3) is 0.111. The first-order valence-electron chi connectivity index (χ1n) is 10.2. The van der Waals surface area contributed by atoms with Gasteiger partial charge < -0.3 is 10.4 Å². The third kappa shape index (κ3) is 5.28. The van der Waals surface area contributed by atoms with Crippen LogP contribution in [0.5, 0.6) is 5.75 Å². The number of para-hydroxylation sites is 1. The van der Waals surface area contributed by atoms with Gasteiger partial charge in [0.15, 0.2) is 0 Å². The van der Waals surface area contributed by atoms with Crippen LogP contribution in [0, 0.1) is 6.92 Å². The van der Waals surface area contributed by atoms with E-state index in [1.807, 2.05) is 36.4 Å². The lowest BCUT2D eigenvalue weighted by Crippen LogP contribution is -2.13. The summed E-state index contributed by atoms with van der Waals surface area (Å²) >= 11 is 0. The molecule has 0 saturated heterocycles. The average Bonchev–Trinajstić information content (AvgIpc) is 2.77. The number of aryl methyl sites for hydroxylation is 1. The lowest BCUT2D eigenvalue weighted by atomic mass is 10.1. The fourth-order valence-corrected chi connectivity index (χ4v) is 4.76. The quantitative estimate of drug-likeness (QED) is 0.392. The molecule has 0 aliphatic rings. The molecule has 0 aromatic heterocycles. The Morgan fingerprint density at radius 2 is 1.47 bits per heavy atom. The summed E-state index contributed by atoms with van der Waals surface area (Å²) in [6, 6.07) is 33.3. The summed E-state index contributed by atoms with van der Waals surface area (Å²) in [7, 11) is 0.405. The van der Waals surface area contributed by atoms with Crippen LogP contribution in [0.3, 0.4) is 0 Å². The van der Waals surface area contributed by atoms with Gasteiger partial charge in [0.2, 0.25) is 0 Å². The van der Waals surface area contributed by atoms with Gasteiger partial charge in [-0.25, -0.2) is 0 Å². The number of anilines is 1. The van der Waals surface area contributed by atoms with Crippen LogP contribution >= 0.6 is 8.58 Å². The van der Waals surface area contributed by atoms with E-state index < -0.39 is 0 Å². The van der Waals surface area contributed by atoms with Crippen LogP contribution in [0.25, 0.3) is 0 Å². The van der Waals surface area contributed by atoms with Crippen molar-refractivity contribution in [2.45, 2.75) is 19.9 Å². The Morgan fingerprint density at radius 3 is 2.23 bits per heavy atom. The lowest BCUT2D eigenvalue weighted by Gasteiger charge is -2.14. The van der Waals surface area contributed by atoms with Crippen LogP contribution in [0.1, 0.15) is 22.3 Å². The van der Waals surface area contributed by atoms with Gasteiger partial charge in [-0.05, 0) is 59.6 Å². The van der Waals surface area contributed by atoms with Crippen molar-refractivity contribution in [2.24, 2.45) is 0 Å². The van der Waals surface area contributed by atoms with Gasteiger partial charge in [-0.2, -0.15) is 0 Å². The van der Waals surface area contributed by atoms with E-state index in [4.69, 9.17) is 0 Å². The molecule has 0 aliphatic heterocycles. The van der Waals surface area contributed by atoms with Crippen LogP contribution < -0.4 is 15.9 Å².